The summed E-state index contributed by atoms with van der Waals surface area (Å²) in [4.78, 5) is 0.194. The van der Waals surface area contributed by atoms with E-state index in [4.69, 9.17) is 11.6 Å². The number of rotatable bonds is 1. The zero-order valence-corrected chi connectivity index (χ0v) is 6.25. The van der Waals surface area contributed by atoms with E-state index < -0.39 is 9.84 Å². The monoisotopic (exact) mass is 154 g/mol. The molecule has 8 heavy (non-hydrogen) atoms. The second-order valence-corrected chi connectivity index (χ2v) is 3.90. The summed E-state index contributed by atoms with van der Waals surface area (Å²) >= 11 is 5.10. The van der Waals surface area contributed by atoms with Crippen LogP contribution in [0.4, 0.5) is 0 Å². The lowest BCUT2D eigenvalue weighted by atomic mass is 10.8. The van der Waals surface area contributed by atoms with Crippen molar-refractivity contribution < 1.29 is 8.42 Å². The second-order valence-electron chi connectivity index (χ2n) is 1.49. The molecule has 0 spiro atoms. The van der Waals surface area contributed by atoms with Crippen LogP contribution in [-0.2, 0) is 9.84 Å². The topological polar surface area (TPSA) is 34.1 Å². The van der Waals surface area contributed by atoms with Crippen LogP contribution in [0.25, 0.3) is 0 Å². The van der Waals surface area contributed by atoms with Crippen molar-refractivity contribution in [1.82, 2.24) is 0 Å². The minimum Gasteiger partial charge on any atom is -0.224 e. The van der Waals surface area contributed by atoms with E-state index in [0.29, 0.717) is 0 Å². The minimum absolute atomic E-state index is 0.194. The van der Waals surface area contributed by atoms with Crippen LogP contribution in [0.5, 0.6) is 0 Å². The van der Waals surface area contributed by atoms with Gasteiger partial charge in [0, 0.05) is 11.8 Å². The zero-order chi connectivity index (χ0) is 6.78. The Balaban J connectivity index is 4.55. The van der Waals surface area contributed by atoms with Gasteiger partial charge < -0.3 is 0 Å². The van der Waals surface area contributed by atoms with Gasteiger partial charge in [-0.25, -0.2) is 8.42 Å². The summed E-state index contributed by atoms with van der Waals surface area (Å²) < 4.78 is 20.8. The van der Waals surface area contributed by atoms with E-state index in [2.05, 4.69) is 0 Å². The zero-order valence-electron chi connectivity index (χ0n) is 4.68. The Hall–Kier alpha value is -0.0200. The first-order chi connectivity index (χ1) is 3.48. The normalized spacial score (nSPS) is 14.1. The third-order valence-corrected chi connectivity index (χ3v) is 2.48. The number of allylic oxidation sites excluding steroid dienone is 1. The van der Waals surface area contributed by atoms with E-state index in [9.17, 15) is 8.42 Å². The highest BCUT2D eigenvalue weighted by Crippen LogP contribution is 2.02. The Bertz CT molecular complexity index is 190. The molecule has 0 saturated heterocycles. The minimum atomic E-state index is -3.02. The van der Waals surface area contributed by atoms with Crippen LogP contribution in [0, 0.1) is 0 Å². The van der Waals surface area contributed by atoms with Crippen LogP contribution in [0.1, 0.15) is 6.92 Å². The second kappa shape index (κ2) is 2.51. The first-order valence-corrected chi connectivity index (χ1v) is 4.28. The summed E-state index contributed by atoms with van der Waals surface area (Å²) in [7, 11) is -3.02. The van der Waals surface area contributed by atoms with Crippen LogP contribution in [0.3, 0.4) is 0 Å². The fourth-order valence-electron chi connectivity index (χ4n) is 0.0809. The summed E-state index contributed by atoms with van der Waals surface area (Å²) in [5.74, 6) is 0. The summed E-state index contributed by atoms with van der Waals surface area (Å²) in [6, 6.07) is 0. The van der Waals surface area contributed by atoms with Crippen LogP contribution >= 0.6 is 11.6 Å². The summed E-state index contributed by atoms with van der Waals surface area (Å²) in [5, 5.41) is 0. The Labute approximate surface area is 54.1 Å². The highest BCUT2D eigenvalue weighted by Gasteiger charge is 2.01. The van der Waals surface area contributed by atoms with Gasteiger partial charge in [0.05, 0.1) is 4.91 Å². The molecule has 0 aliphatic heterocycles. The van der Waals surface area contributed by atoms with E-state index in [1.807, 2.05) is 0 Å². The van der Waals surface area contributed by atoms with Crippen molar-refractivity contribution in [3.63, 3.8) is 0 Å². The van der Waals surface area contributed by atoms with Crippen LogP contribution < -0.4 is 0 Å². The fraction of sp³-hybridized carbons (Fsp3) is 0.500. The number of hydrogen-bond donors (Lipinski definition) is 0. The lowest BCUT2D eigenvalue weighted by Gasteiger charge is -1.90. The van der Waals surface area contributed by atoms with Gasteiger partial charge in [0.15, 0.2) is 9.84 Å². The van der Waals surface area contributed by atoms with E-state index in [1.165, 1.54) is 6.92 Å². The van der Waals surface area contributed by atoms with Crippen molar-refractivity contribution in [2.45, 2.75) is 6.92 Å². The van der Waals surface area contributed by atoms with Gasteiger partial charge in [-0.2, -0.15) is 0 Å². The van der Waals surface area contributed by atoms with E-state index in [1.54, 1.807) is 0 Å². The molecule has 0 amide bonds. The van der Waals surface area contributed by atoms with Crippen molar-refractivity contribution >= 4 is 21.4 Å². The average Bonchev–Trinajstić information content (AvgIpc) is 1.62. The maximum Gasteiger partial charge on any atom is 0.172 e. The maximum atomic E-state index is 10.4. The van der Waals surface area contributed by atoms with E-state index in [-0.39, 0.29) is 4.91 Å². The third kappa shape index (κ3) is 2.33. The van der Waals surface area contributed by atoms with Crippen LogP contribution in [-0.4, -0.2) is 14.7 Å². The quantitative estimate of drug-likeness (QED) is 0.568. The van der Waals surface area contributed by atoms with Crippen LogP contribution in [0.15, 0.2) is 10.4 Å². The van der Waals surface area contributed by atoms with Crippen molar-refractivity contribution in [3.05, 3.63) is 10.4 Å². The molecule has 0 bridgehead atoms. The molecule has 0 saturated carbocycles. The molecule has 0 atom stereocenters. The third-order valence-electron chi connectivity index (χ3n) is 0.739. The molecule has 0 aromatic carbocycles. The van der Waals surface area contributed by atoms with Gasteiger partial charge in [0.1, 0.15) is 0 Å². The van der Waals surface area contributed by atoms with Crippen molar-refractivity contribution in [1.29, 1.82) is 0 Å². The Kier molecular flexibility index (Phi) is 2.50. The molecule has 48 valence electrons. The highest BCUT2D eigenvalue weighted by molar-refractivity contribution is 7.94. The lowest BCUT2D eigenvalue weighted by molar-refractivity contribution is 0.607. The molecule has 0 aromatic rings. The molecule has 4 heteroatoms. The van der Waals surface area contributed by atoms with E-state index >= 15 is 0 Å². The largest absolute Gasteiger partial charge is 0.224 e. The number of halogens is 1. The predicted molar refractivity (Wildman–Crippen MR) is 34.5 cm³/mol. The average molecular weight is 155 g/mol. The molecular weight excluding hydrogens is 148 g/mol. The molecule has 0 unspecified atom stereocenters. The molecule has 0 aliphatic carbocycles. The van der Waals surface area contributed by atoms with Crippen LogP contribution in [0.2, 0.25) is 0 Å². The molecule has 0 radical (unpaired) electrons. The molecule has 0 aliphatic rings. The summed E-state index contributed by atoms with van der Waals surface area (Å²) in [6.45, 7) is 1.45. The summed E-state index contributed by atoms with van der Waals surface area (Å²) in [5.41, 5.74) is 1.05. The molecule has 0 N–H and O–H groups in total. The molecule has 0 aromatic heterocycles. The van der Waals surface area contributed by atoms with E-state index in [0.717, 1.165) is 11.8 Å². The predicted octanol–water partition coefficient (Wildman–Crippen LogP) is 1.13. The van der Waals surface area contributed by atoms with Crippen molar-refractivity contribution in [2.75, 3.05) is 6.26 Å². The molecule has 0 fully saturated rings. The summed E-state index contributed by atoms with van der Waals surface area (Å²) in [6.07, 6.45) is 1.11. The van der Waals surface area contributed by atoms with Crippen molar-refractivity contribution in [3.8, 4) is 0 Å². The van der Waals surface area contributed by atoms with Gasteiger partial charge >= 0.3 is 0 Å². The molecule has 2 nitrogen and oxygen atoms in total. The highest BCUT2D eigenvalue weighted by atomic mass is 35.5. The Morgan fingerprint density at radius 2 is 2.00 bits per heavy atom. The number of sulfone groups is 1. The first-order valence-electron chi connectivity index (χ1n) is 1.95. The lowest BCUT2D eigenvalue weighted by Crippen LogP contribution is -1.95. The van der Waals surface area contributed by atoms with Gasteiger partial charge in [-0.1, -0.05) is 11.6 Å². The standard InChI is InChI=1S/C4H7ClO2S/c1-4(3-5)8(2,6)7/h3H,1-2H3/b4-3+. The smallest absolute Gasteiger partial charge is 0.172 e. The first kappa shape index (κ1) is 7.98. The van der Waals surface area contributed by atoms with Gasteiger partial charge in [-0.3, -0.25) is 0 Å². The Morgan fingerprint density at radius 3 is 2.00 bits per heavy atom. The van der Waals surface area contributed by atoms with Gasteiger partial charge in [-0.15, -0.1) is 0 Å². The maximum absolute atomic E-state index is 10.4. The van der Waals surface area contributed by atoms with Gasteiger partial charge in [-0.05, 0) is 6.92 Å². The van der Waals surface area contributed by atoms with Gasteiger partial charge in [0.2, 0.25) is 0 Å². The Morgan fingerprint density at radius 1 is 1.62 bits per heavy atom. The SMILES string of the molecule is C/C(=C\Cl)S(C)(=O)=O. The molecular formula is C4H7ClO2S. The number of hydrogen-bond acceptors (Lipinski definition) is 2. The van der Waals surface area contributed by atoms with Crippen molar-refractivity contribution in [2.24, 2.45) is 0 Å². The van der Waals surface area contributed by atoms with Gasteiger partial charge in [0.25, 0.3) is 0 Å². The fourth-order valence-corrected chi connectivity index (χ4v) is 0.728. The molecule has 0 rings (SSSR count). The molecule has 0 heterocycles.